The van der Waals surface area contributed by atoms with Crippen LogP contribution in [-0.4, -0.2) is 13.7 Å². The molecule has 0 aromatic rings. The summed E-state index contributed by atoms with van der Waals surface area (Å²) in [4.78, 5) is 0. The fraction of sp³-hybridized carbons (Fsp3) is 0.778. The molecule has 2 rings (SSSR count). The zero-order valence-electron chi connectivity index (χ0n) is 7.23. The Morgan fingerprint density at radius 1 is 1.42 bits per heavy atom. The molecule has 1 fully saturated rings. The molecule has 0 unspecified atom stereocenters. The zero-order valence-corrected chi connectivity index (χ0v) is 8.82. The maximum Gasteiger partial charge on any atom is 0.200 e. The predicted octanol–water partition coefficient (Wildman–Crippen LogP) is 2.79. The first-order chi connectivity index (χ1) is 5.78. The van der Waals surface area contributed by atoms with Crippen molar-refractivity contribution in [2.24, 2.45) is 5.41 Å². The highest BCUT2D eigenvalue weighted by Gasteiger charge is 2.45. The lowest BCUT2D eigenvalue weighted by Gasteiger charge is -2.22. The van der Waals surface area contributed by atoms with E-state index in [9.17, 15) is 0 Å². The van der Waals surface area contributed by atoms with Crippen molar-refractivity contribution in [3.63, 3.8) is 0 Å². The molecule has 12 heavy (non-hydrogen) atoms. The van der Waals surface area contributed by atoms with Crippen LogP contribution in [0.2, 0.25) is 0 Å². The van der Waals surface area contributed by atoms with Crippen molar-refractivity contribution < 1.29 is 9.47 Å². The van der Waals surface area contributed by atoms with Gasteiger partial charge in [-0.05, 0) is 28.8 Å². The molecule has 1 aliphatic heterocycles. The van der Waals surface area contributed by atoms with Gasteiger partial charge in [-0.25, -0.2) is 0 Å². The average molecular weight is 233 g/mol. The number of ether oxygens (including phenoxy) is 2. The Kier molecular flexibility index (Phi) is 2.07. The molecule has 3 heteroatoms. The van der Waals surface area contributed by atoms with Gasteiger partial charge in [0.1, 0.15) is 6.61 Å². The van der Waals surface area contributed by atoms with Crippen molar-refractivity contribution >= 4 is 15.9 Å². The van der Waals surface area contributed by atoms with E-state index in [1.165, 1.54) is 25.7 Å². The fourth-order valence-corrected chi connectivity index (χ4v) is 2.96. The van der Waals surface area contributed by atoms with E-state index in [0.29, 0.717) is 0 Å². The van der Waals surface area contributed by atoms with Crippen LogP contribution in [-0.2, 0) is 9.47 Å². The summed E-state index contributed by atoms with van der Waals surface area (Å²) < 4.78 is 11.6. The van der Waals surface area contributed by atoms with E-state index in [-0.39, 0.29) is 5.41 Å². The molecule has 0 amide bonds. The Labute approximate surface area is 81.1 Å². The third kappa shape index (κ3) is 1.06. The quantitative estimate of drug-likeness (QED) is 0.693. The Balaban J connectivity index is 2.27. The van der Waals surface area contributed by atoms with Crippen molar-refractivity contribution in [1.29, 1.82) is 0 Å². The molecular formula is C9H13BrO2. The minimum Gasteiger partial charge on any atom is -0.496 e. The lowest BCUT2D eigenvalue weighted by atomic mass is 9.86. The van der Waals surface area contributed by atoms with E-state index >= 15 is 0 Å². The second-order valence-corrected chi connectivity index (χ2v) is 4.30. The van der Waals surface area contributed by atoms with Crippen molar-refractivity contribution in [2.75, 3.05) is 13.7 Å². The molecule has 1 saturated carbocycles. The average Bonchev–Trinajstić information content (AvgIpc) is 2.63. The van der Waals surface area contributed by atoms with Gasteiger partial charge in [0.25, 0.3) is 0 Å². The van der Waals surface area contributed by atoms with Gasteiger partial charge in [-0.3, -0.25) is 0 Å². The van der Waals surface area contributed by atoms with Gasteiger partial charge in [0.15, 0.2) is 5.76 Å². The van der Waals surface area contributed by atoms with Crippen LogP contribution < -0.4 is 0 Å². The minimum absolute atomic E-state index is 0.216. The number of hydrogen-bond acceptors (Lipinski definition) is 2. The van der Waals surface area contributed by atoms with Crippen LogP contribution in [0.1, 0.15) is 25.7 Å². The van der Waals surface area contributed by atoms with Crippen molar-refractivity contribution in [3.05, 3.63) is 10.4 Å². The summed E-state index contributed by atoms with van der Waals surface area (Å²) in [5.41, 5.74) is 0.216. The molecule has 0 bridgehead atoms. The minimum atomic E-state index is 0.216. The highest BCUT2D eigenvalue weighted by atomic mass is 79.9. The molecule has 1 heterocycles. The summed E-state index contributed by atoms with van der Waals surface area (Å²) in [5, 5.41) is 0. The summed E-state index contributed by atoms with van der Waals surface area (Å²) in [5.74, 6) is 1.03. The predicted molar refractivity (Wildman–Crippen MR) is 49.8 cm³/mol. The summed E-state index contributed by atoms with van der Waals surface area (Å²) in [6.45, 7) is 0.802. The number of rotatable bonds is 1. The third-order valence-corrected chi connectivity index (χ3v) is 3.49. The van der Waals surface area contributed by atoms with Gasteiger partial charge in [-0.15, -0.1) is 0 Å². The molecule has 0 radical (unpaired) electrons. The third-order valence-electron chi connectivity index (χ3n) is 2.90. The summed E-state index contributed by atoms with van der Waals surface area (Å²) in [6, 6.07) is 0. The lowest BCUT2D eigenvalue weighted by Crippen LogP contribution is -2.20. The molecule has 2 aliphatic rings. The molecule has 0 atom stereocenters. The van der Waals surface area contributed by atoms with Crippen LogP contribution in [0.15, 0.2) is 10.4 Å². The molecule has 0 aromatic carbocycles. The largest absolute Gasteiger partial charge is 0.496 e. The maximum atomic E-state index is 5.47. The normalized spacial score (nSPS) is 26.5. The van der Waals surface area contributed by atoms with Crippen LogP contribution in [0, 0.1) is 5.41 Å². The van der Waals surface area contributed by atoms with Crippen LogP contribution in [0.5, 0.6) is 0 Å². The van der Waals surface area contributed by atoms with Crippen LogP contribution in [0.4, 0.5) is 0 Å². The highest BCUT2D eigenvalue weighted by Crippen LogP contribution is 2.50. The van der Waals surface area contributed by atoms with Gasteiger partial charge in [-0.1, -0.05) is 12.8 Å². The van der Waals surface area contributed by atoms with Crippen molar-refractivity contribution in [1.82, 2.24) is 0 Å². The Morgan fingerprint density at radius 3 is 2.67 bits per heavy atom. The first-order valence-electron chi connectivity index (χ1n) is 4.35. The Bertz CT molecular complexity index is 217. The molecule has 68 valence electrons. The fourth-order valence-electron chi connectivity index (χ4n) is 2.26. The summed E-state index contributed by atoms with van der Waals surface area (Å²) >= 11 is 3.38. The van der Waals surface area contributed by atoms with E-state index in [4.69, 9.17) is 9.47 Å². The van der Waals surface area contributed by atoms with E-state index in [2.05, 4.69) is 15.9 Å². The Morgan fingerprint density at radius 2 is 2.08 bits per heavy atom. The van der Waals surface area contributed by atoms with E-state index in [0.717, 1.165) is 17.0 Å². The standard InChI is InChI=1S/C9H13BrO2/c1-11-7-8(10)12-6-9(7)4-2-3-5-9/h2-6H2,1H3. The van der Waals surface area contributed by atoms with Gasteiger partial charge < -0.3 is 9.47 Å². The van der Waals surface area contributed by atoms with Crippen LogP contribution in [0.25, 0.3) is 0 Å². The summed E-state index contributed by atoms with van der Waals surface area (Å²) in [6.07, 6.45) is 5.03. The van der Waals surface area contributed by atoms with Gasteiger partial charge in [-0.2, -0.15) is 0 Å². The summed E-state index contributed by atoms with van der Waals surface area (Å²) in [7, 11) is 1.73. The smallest absolute Gasteiger partial charge is 0.200 e. The lowest BCUT2D eigenvalue weighted by molar-refractivity contribution is 0.142. The topological polar surface area (TPSA) is 18.5 Å². The monoisotopic (exact) mass is 232 g/mol. The first kappa shape index (κ1) is 8.42. The van der Waals surface area contributed by atoms with Gasteiger partial charge in [0, 0.05) is 0 Å². The highest BCUT2D eigenvalue weighted by molar-refractivity contribution is 9.11. The van der Waals surface area contributed by atoms with Crippen LogP contribution >= 0.6 is 15.9 Å². The number of halogens is 1. The van der Waals surface area contributed by atoms with Crippen molar-refractivity contribution in [2.45, 2.75) is 25.7 Å². The number of methoxy groups -OCH3 is 1. The molecule has 2 nitrogen and oxygen atoms in total. The second kappa shape index (κ2) is 2.95. The SMILES string of the molecule is COC1=C(Br)OCC12CCCC2. The Hall–Kier alpha value is -0.180. The second-order valence-electron chi connectivity index (χ2n) is 3.58. The van der Waals surface area contributed by atoms with Crippen LogP contribution in [0.3, 0.4) is 0 Å². The van der Waals surface area contributed by atoms with Gasteiger partial charge in [0.2, 0.25) is 4.67 Å². The van der Waals surface area contributed by atoms with E-state index in [1.54, 1.807) is 7.11 Å². The molecule has 1 spiro atoms. The van der Waals surface area contributed by atoms with E-state index < -0.39 is 0 Å². The maximum absolute atomic E-state index is 5.47. The molecule has 0 N–H and O–H groups in total. The van der Waals surface area contributed by atoms with Crippen molar-refractivity contribution in [3.8, 4) is 0 Å². The van der Waals surface area contributed by atoms with E-state index in [1.807, 2.05) is 0 Å². The molecular weight excluding hydrogens is 220 g/mol. The zero-order chi connectivity index (χ0) is 8.60. The molecule has 0 saturated heterocycles. The molecule has 0 aromatic heterocycles. The van der Waals surface area contributed by atoms with Gasteiger partial charge >= 0.3 is 0 Å². The molecule has 1 aliphatic carbocycles. The van der Waals surface area contributed by atoms with Gasteiger partial charge in [0.05, 0.1) is 12.5 Å². The number of hydrogen-bond donors (Lipinski definition) is 0. The first-order valence-corrected chi connectivity index (χ1v) is 5.15.